The first-order valence-electron chi connectivity index (χ1n) is 6.94. The molecule has 0 spiro atoms. The van der Waals surface area contributed by atoms with Gasteiger partial charge in [-0.15, -0.1) is 0 Å². The SMILES string of the molecule is CC.CNc1ncc2cc(-c3ccccc3)c(N)nc2n1. The van der Waals surface area contributed by atoms with E-state index in [1.54, 1.807) is 13.2 Å². The molecule has 2 aromatic heterocycles. The number of fused-ring (bicyclic) bond motifs is 1. The first-order chi connectivity index (χ1) is 10.3. The lowest BCUT2D eigenvalue weighted by Gasteiger charge is -2.07. The van der Waals surface area contributed by atoms with Crippen LogP contribution in [0.1, 0.15) is 13.8 Å². The van der Waals surface area contributed by atoms with Gasteiger partial charge in [0.25, 0.3) is 0 Å². The number of rotatable bonds is 2. The third kappa shape index (κ3) is 3.08. The zero-order valence-electron chi connectivity index (χ0n) is 12.5. The van der Waals surface area contributed by atoms with Crippen molar-refractivity contribution in [2.75, 3.05) is 18.1 Å². The van der Waals surface area contributed by atoms with Gasteiger partial charge in [-0.25, -0.2) is 9.97 Å². The lowest BCUT2D eigenvalue weighted by Crippen LogP contribution is -2.00. The maximum Gasteiger partial charge on any atom is 0.224 e. The summed E-state index contributed by atoms with van der Waals surface area (Å²) >= 11 is 0. The molecule has 0 saturated carbocycles. The summed E-state index contributed by atoms with van der Waals surface area (Å²) in [5.74, 6) is 1.01. The fourth-order valence-corrected chi connectivity index (χ4v) is 1.95. The number of benzene rings is 1. The Morgan fingerprint density at radius 1 is 1.05 bits per heavy atom. The van der Waals surface area contributed by atoms with Crippen molar-refractivity contribution in [3.63, 3.8) is 0 Å². The monoisotopic (exact) mass is 281 g/mol. The minimum absolute atomic E-state index is 0.472. The molecule has 5 nitrogen and oxygen atoms in total. The van der Waals surface area contributed by atoms with Gasteiger partial charge >= 0.3 is 0 Å². The van der Waals surface area contributed by atoms with Crippen LogP contribution in [-0.2, 0) is 0 Å². The molecule has 0 amide bonds. The number of nitrogen functional groups attached to an aromatic ring is 1. The summed E-state index contributed by atoms with van der Waals surface area (Å²) in [7, 11) is 1.77. The number of nitrogens with one attached hydrogen (secondary N) is 1. The highest BCUT2D eigenvalue weighted by Gasteiger charge is 2.08. The van der Waals surface area contributed by atoms with Crippen molar-refractivity contribution < 1.29 is 0 Å². The number of nitrogens with zero attached hydrogens (tertiary/aromatic N) is 3. The van der Waals surface area contributed by atoms with Gasteiger partial charge in [-0.1, -0.05) is 44.2 Å². The Bertz CT molecular complexity index is 725. The maximum atomic E-state index is 6.02. The lowest BCUT2D eigenvalue weighted by atomic mass is 10.1. The van der Waals surface area contributed by atoms with E-state index in [0.29, 0.717) is 17.4 Å². The van der Waals surface area contributed by atoms with Crippen LogP contribution in [-0.4, -0.2) is 22.0 Å². The third-order valence-corrected chi connectivity index (χ3v) is 2.91. The van der Waals surface area contributed by atoms with Crippen LogP contribution < -0.4 is 11.1 Å². The van der Waals surface area contributed by atoms with Crippen LogP contribution >= 0.6 is 0 Å². The highest BCUT2D eigenvalue weighted by atomic mass is 15.1. The first-order valence-corrected chi connectivity index (χ1v) is 6.94. The van der Waals surface area contributed by atoms with Gasteiger partial charge in [-0.2, -0.15) is 4.98 Å². The van der Waals surface area contributed by atoms with Crippen LogP contribution in [0.4, 0.5) is 11.8 Å². The van der Waals surface area contributed by atoms with E-state index in [-0.39, 0.29) is 0 Å². The van der Waals surface area contributed by atoms with Crippen LogP contribution in [0.3, 0.4) is 0 Å². The molecule has 1 aromatic carbocycles. The van der Waals surface area contributed by atoms with Gasteiger partial charge in [0.15, 0.2) is 5.65 Å². The molecule has 0 aliphatic rings. The highest BCUT2D eigenvalue weighted by molar-refractivity contribution is 5.86. The van der Waals surface area contributed by atoms with Crippen molar-refractivity contribution in [1.82, 2.24) is 15.0 Å². The standard InChI is InChI=1S/C14H13N5.C2H6/c1-16-14-17-8-10-7-11(9-5-3-2-4-6-9)12(15)18-13(10)19-14;1-2/h2-8H,1H3,(H3,15,16,17,18,19);1-2H3. The van der Waals surface area contributed by atoms with E-state index in [2.05, 4.69) is 20.3 Å². The van der Waals surface area contributed by atoms with Crippen molar-refractivity contribution in [2.45, 2.75) is 13.8 Å². The van der Waals surface area contributed by atoms with Gasteiger partial charge in [0, 0.05) is 24.2 Å². The van der Waals surface area contributed by atoms with Crippen molar-refractivity contribution in [3.05, 3.63) is 42.6 Å². The molecular formula is C16H19N5. The minimum atomic E-state index is 0.472. The molecule has 5 heteroatoms. The average molecular weight is 281 g/mol. The van der Waals surface area contributed by atoms with E-state index >= 15 is 0 Å². The Morgan fingerprint density at radius 3 is 2.43 bits per heavy atom. The topological polar surface area (TPSA) is 76.7 Å². The normalized spacial score (nSPS) is 9.86. The number of pyridine rings is 1. The van der Waals surface area contributed by atoms with Crippen molar-refractivity contribution in [1.29, 1.82) is 0 Å². The second kappa shape index (κ2) is 6.65. The molecule has 2 heterocycles. The molecule has 0 fully saturated rings. The van der Waals surface area contributed by atoms with Gasteiger partial charge in [0.2, 0.25) is 5.95 Å². The molecule has 0 aliphatic heterocycles. The highest BCUT2D eigenvalue weighted by Crippen LogP contribution is 2.27. The molecule has 0 radical (unpaired) electrons. The first kappa shape index (κ1) is 14.7. The van der Waals surface area contributed by atoms with E-state index in [4.69, 9.17) is 5.73 Å². The molecule has 0 bridgehead atoms. The van der Waals surface area contributed by atoms with Gasteiger partial charge in [0.05, 0.1) is 0 Å². The molecule has 0 aliphatic carbocycles. The Balaban J connectivity index is 0.000000774. The summed E-state index contributed by atoms with van der Waals surface area (Å²) in [6, 6.07) is 11.9. The van der Waals surface area contributed by atoms with E-state index in [9.17, 15) is 0 Å². The maximum absolute atomic E-state index is 6.02. The molecule has 0 unspecified atom stereocenters. The lowest BCUT2D eigenvalue weighted by molar-refractivity contribution is 1.17. The smallest absolute Gasteiger partial charge is 0.224 e. The predicted octanol–water partition coefficient (Wildman–Crippen LogP) is 3.34. The van der Waals surface area contributed by atoms with Crippen LogP contribution in [0, 0.1) is 0 Å². The second-order valence-corrected chi connectivity index (χ2v) is 4.14. The van der Waals surface area contributed by atoms with Gasteiger partial charge < -0.3 is 11.1 Å². The molecule has 0 atom stereocenters. The predicted molar refractivity (Wildman–Crippen MR) is 88.1 cm³/mol. The summed E-state index contributed by atoms with van der Waals surface area (Å²) < 4.78 is 0. The summed E-state index contributed by atoms with van der Waals surface area (Å²) in [5.41, 5.74) is 8.54. The Hall–Kier alpha value is -2.69. The van der Waals surface area contributed by atoms with Crippen molar-refractivity contribution in [3.8, 4) is 11.1 Å². The van der Waals surface area contributed by atoms with E-state index in [0.717, 1.165) is 16.5 Å². The van der Waals surface area contributed by atoms with E-state index in [1.165, 1.54) is 0 Å². The Morgan fingerprint density at radius 2 is 1.76 bits per heavy atom. The third-order valence-electron chi connectivity index (χ3n) is 2.91. The summed E-state index contributed by atoms with van der Waals surface area (Å²) in [6.07, 6.45) is 1.74. The zero-order chi connectivity index (χ0) is 15.2. The summed E-state index contributed by atoms with van der Waals surface area (Å²) in [6.45, 7) is 4.00. The van der Waals surface area contributed by atoms with Crippen molar-refractivity contribution in [2.24, 2.45) is 0 Å². The number of nitrogens with two attached hydrogens (primary N) is 1. The number of hydrogen-bond donors (Lipinski definition) is 2. The number of aromatic nitrogens is 3. The molecule has 3 aromatic rings. The van der Waals surface area contributed by atoms with Gasteiger partial charge in [0.1, 0.15) is 5.82 Å². The molecule has 21 heavy (non-hydrogen) atoms. The van der Waals surface area contributed by atoms with Crippen LogP contribution in [0.25, 0.3) is 22.2 Å². The van der Waals surface area contributed by atoms with Crippen LogP contribution in [0.15, 0.2) is 42.6 Å². The number of anilines is 2. The van der Waals surface area contributed by atoms with E-state index in [1.807, 2.05) is 50.2 Å². The fourth-order valence-electron chi connectivity index (χ4n) is 1.95. The largest absolute Gasteiger partial charge is 0.383 e. The minimum Gasteiger partial charge on any atom is -0.383 e. The van der Waals surface area contributed by atoms with Crippen LogP contribution in [0.5, 0.6) is 0 Å². The quantitative estimate of drug-likeness (QED) is 0.753. The summed E-state index contributed by atoms with van der Waals surface area (Å²) in [5, 5.41) is 3.75. The molecule has 108 valence electrons. The molecule has 3 rings (SSSR count). The average Bonchev–Trinajstić information content (AvgIpc) is 2.56. The molecule has 3 N–H and O–H groups in total. The van der Waals surface area contributed by atoms with Gasteiger partial charge in [-0.05, 0) is 11.6 Å². The Labute approximate surface area is 124 Å². The fraction of sp³-hybridized carbons (Fsp3) is 0.188. The second-order valence-electron chi connectivity index (χ2n) is 4.14. The van der Waals surface area contributed by atoms with E-state index < -0.39 is 0 Å². The zero-order valence-corrected chi connectivity index (χ0v) is 12.5. The van der Waals surface area contributed by atoms with Crippen molar-refractivity contribution >= 4 is 22.8 Å². The van der Waals surface area contributed by atoms with Crippen LogP contribution in [0.2, 0.25) is 0 Å². The summed E-state index contributed by atoms with van der Waals surface area (Å²) in [4.78, 5) is 12.8. The molecule has 0 saturated heterocycles. The number of hydrogen-bond acceptors (Lipinski definition) is 5. The Kier molecular flexibility index (Phi) is 4.66. The molecular weight excluding hydrogens is 262 g/mol. The van der Waals surface area contributed by atoms with Gasteiger partial charge in [-0.3, -0.25) is 0 Å².